The van der Waals surface area contributed by atoms with Gasteiger partial charge in [-0.15, -0.1) is 0 Å². The normalized spacial score (nSPS) is 10.4. The van der Waals surface area contributed by atoms with Crippen LogP contribution >= 0.6 is 11.6 Å². The van der Waals surface area contributed by atoms with Crippen LogP contribution in [-0.4, -0.2) is 10.8 Å². The van der Waals surface area contributed by atoms with Gasteiger partial charge in [-0.2, -0.15) is 0 Å². The Kier molecular flexibility index (Phi) is 4.28. The second kappa shape index (κ2) is 5.97. The number of hydrogen-bond acceptors (Lipinski definition) is 4. The molecule has 7 heteroatoms. The van der Waals surface area contributed by atoms with E-state index < -0.39 is 10.8 Å². The van der Waals surface area contributed by atoms with Crippen LogP contribution < -0.4 is 5.32 Å². The van der Waals surface area contributed by atoms with Gasteiger partial charge in [-0.05, 0) is 26.0 Å². The Balaban J connectivity index is 2.15. The van der Waals surface area contributed by atoms with E-state index in [9.17, 15) is 14.9 Å². The van der Waals surface area contributed by atoms with Gasteiger partial charge < -0.3 is 9.73 Å². The van der Waals surface area contributed by atoms with Gasteiger partial charge in [0.15, 0.2) is 0 Å². The topological polar surface area (TPSA) is 85.4 Å². The molecule has 0 bridgehead atoms. The van der Waals surface area contributed by atoms with Crippen molar-refractivity contribution in [1.29, 1.82) is 0 Å². The third-order valence-electron chi connectivity index (χ3n) is 2.99. The summed E-state index contributed by atoms with van der Waals surface area (Å²) in [5, 5.41) is 13.6. The van der Waals surface area contributed by atoms with Crippen molar-refractivity contribution in [3.8, 4) is 0 Å². The number of rotatable bonds is 4. The summed E-state index contributed by atoms with van der Waals surface area (Å²) >= 11 is 5.91. The average molecular weight is 309 g/mol. The van der Waals surface area contributed by atoms with Crippen LogP contribution in [0.3, 0.4) is 0 Å². The van der Waals surface area contributed by atoms with E-state index in [1.54, 1.807) is 6.92 Å². The third-order valence-corrected chi connectivity index (χ3v) is 3.32. The van der Waals surface area contributed by atoms with Crippen LogP contribution in [0.25, 0.3) is 0 Å². The smallest absolute Gasteiger partial charge is 0.270 e. The van der Waals surface area contributed by atoms with Gasteiger partial charge in [0.25, 0.3) is 11.6 Å². The summed E-state index contributed by atoms with van der Waals surface area (Å²) in [7, 11) is 0. The van der Waals surface area contributed by atoms with Gasteiger partial charge in [0.1, 0.15) is 11.5 Å². The first-order valence-corrected chi connectivity index (χ1v) is 6.54. The second-order valence-corrected chi connectivity index (χ2v) is 4.95. The fraction of sp³-hybridized carbons (Fsp3) is 0.214. The highest BCUT2D eigenvalue weighted by Crippen LogP contribution is 2.22. The number of hydrogen-bond donors (Lipinski definition) is 1. The van der Waals surface area contributed by atoms with Crippen LogP contribution in [0.5, 0.6) is 0 Å². The summed E-state index contributed by atoms with van der Waals surface area (Å²) in [6, 6.07) is 5.57. The lowest BCUT2D eigenvalue weighted by Crippen LogP contribution is -2.23. The second-order valence-electron chi connectivity index (χ2n) is 4.54. The van der Waals surface area contributed by atoms with Crippen molar-refractivity contribution in [2.45, 2.75) is 20.4 Å². The standard InChI is InChI=1S/C14H13ClN2O4/c1-8-5-10(9(2)21-8)7-16-14(18)12-6-11(17(19)20)3-4-13(12)15/h3-6H,7H2,1-2H3,(H,16,18). The number of benzene rings is 1. The summed E-state index contributed by atoms with van der Waals surface area (Å²) < 4.78 is 5.36. The first-order valence-electron chi connectivity index (χ1n) is 6.16. The molecule has 0 atom stereocenters. The van der Waals surface area contributed by atoms with E-state index in [-0.39, 0.29) is 22.8 Å². The highest BCUT2D eigenvalue weighted by atomic mass is 35.5. The number of amides is 1. The van der Waals surface area contributed by atoms with Gasteiger partial charge in [-0.3, -0.25) is 14.9 Å². The zero-order valence-electron chi connectivity index (χ0n) is 11.5. The molecule has 2 aromatic rings. The Bertz CT molecular complexity index is 709. The molecule has 2 rings (SSSR count). The van der Waals surface area contributed by atoms with E-state index in [4.69, 9.17) is 16.0 Å². The van der Waals surface area contributed by atoms with Crippen LogP contribution in [0.2, 0.25) is 5.02 Å². The quantitative estimate of drug-likeness (QED) is 0.693. The Morgan fingerprint density at radius 3 is 2.67 bits per heavy atom. The van der Waals surface area contributed by atoms with E-state index in [1.165, 1.54) is 12.1 Å². The van der Waals surface area contributed by atoms with E-state index in [1.807, 2.05) is 13.0 Å². The first kappa shape index (κ1) is 15.1. The molecule has 0 aliphatic rings. The lowest BCUT2D eigenvalue weighted by molar-refractivity contribution is -0.384. The molecule has 6 nitrogen and oxygen atoms in total. The van der Waals surface area contributed by atoms with E-state index >= 15 is 0 Å². The molecule has 0 aliphatic heterocycles. The number of nitrogens with zero attached hydrogens (tertiary/aromatic N) is 1. The molecule has 0 spiro atoms. The highest BCUT2D eigenvalue weighted by Gasteiger charge is 2.16. The number of nitrogens with one attached hydrogen (secondary N) is 1. The van der Waals surface area contributed by atoms with Crippen molar-refractivity contribution >= 4 is 23.2 Å². The van der Waals surface area contributed by atoms with Crippen molar-refractivity contribution in [3.05, 3.63) is 62.0 Å². The zero-order chi connectivity index (χ0) is 15.6. The molecule has 0 aliphatic carbocycles. The van der Waals surface area contributed by atoms with Crippen molar-refractivity contribution < 1.29 is 14.1 Å². The van der Waals surface area contributed by atoms with Gasteiger partial charge in [0.05, 0.1) is 15.5 Å². The molecular formula is C14H13ClN2O4. The highest BCUT2D eigenvalue weighted by molar-refractivity contribution is 6.33. The fourth-order valence-electron chi connectivity index (χ4n) is 1.93. The number of halogens is 1. The number of carbonyl (C=O) groups excluding carboxylic acids is 1. The van der Waals surface area contributed by atoms with Crippen LogP contribution in [0, 0.1) is 24.0 Å². The van der Waals surface area contributed by atoms with E-state index in [0.717, 1.165) is 23.2 Å². The van der Waals surface area contributed by atoms with Gasteiger partial charge in [-0.1, -0.05) is 11.6 Å². The zero-order valence-corrected chi connectivity index (χ0v) is 12.2. The van der Waals surface area contributed by atoms with Crippen molar-refractivity contribution in [3.63, 3.8) is 0 Å². The largest absolute Gasteiger partial charge is 0.466 e. The number of nitro groups is 1. The molecule has 1 amide bonds. The van der Waals surface area contributed by atoms with Crippen LogP contribution in [0.4, 0.5) is 5.69 Å². The van der Waals surface area contributed by atoms with Crippen LogP contribution in [0.1, 0.15) is 27.4 Å². The summed E-state index contributed by atoms with van der Waals surface area (Å²) in [6.07, 6.45) is 0. The summed E-state index contributed by atoms with van der Waals surface area (Å²) in [5.74, 6) is 1.00. The minimum atomic E-state index is -0.573. The van der Waals surface area contributed by atoms with Crippen molar-refractivity contribution in [2.75, 3.05) is 0 Å². The van der Waals surface area contributed by atoms with Crippen LogP contribution in [0.15, 0.2) is 28.7 Å². The average Bonchev–Trinajstić information content (AvgIpc) is 2.74. The minimum Gasteiger partial charge on any atom is -0.466 e. The van der Waals surface area contributed by atoms with Gasteiger partial charge in [0, 0.05) is 24.2 Å². The monoisotopic (exact) mass is 308 g/mol. The summed E-state index contributed by atoms with van der Waals surface area (Å²) in [4.78, 5) is 22.2. The molecule has 0 saturated heterocycles. The number of aryl methyl sites for hydroxylation is 2. The molecule has 1 heterocycles. The molecule has 0 radical (unpaired) electrons. The Morgan fingerprint density at radius 2 is 2.10 bits per heavy atom. The molecule has 1 aromatic carbocycles. The van der Waals surface area contributed by atoms with E-state index in [2.05, 4.69) is 5.32 Å². The molecule has 1 aromatic heterocycles. The molecule has 1 N–H and O–H groups in total. The minimum absolute atomic E-state index is 0.0729. The van der Waals surface area contributed by atoms with Crippen molar-refractivity contribution in [2.24, 2.45) is 0 Å². The molecule has 21 heavy (non-hydrogen) atoms. The van der Waals surface area contributed by atoms with Gasteiger partial charge in [-0.25, -0.2) is 0 Å². The van der Waals surface area contributed by atoms with E-state index in [0.29, 0.717) is 0 Å². The number of non-ortho nitro benzene ring substituents is 1. The maximum absolute atomic E-state index is 12.1. The summed E-state index contributed by atoms with van der Waals surface area (Å²) in [6.45, 7) is 3.88. The maximum Gasteiger partial charge on any atom is 0.270 e. The predicted molar refractivity (Wildman–Crippen MR) is 77.5 cm³/mol. The molecule has 110 valence electrons. The number of carbonyl (C=O) groups is 1. The van der Waals surface area contributed by atoms with Crippen LogP contribution in [-0.2, 0) is 6.54 Å². The SMILES string of the molecule is Cc1cc(CNC(=O)c2cc([N+](=O)[O-])ccc2Cl)c(C)o1. The molecule has 0 saturated carbocycles. The number of nitro benzene ring substituents is 1. The van der Waals surface area contributed by atoms with Gasteiger partial charge >= 0.3 is 0 Å². The third kappa shape index (κ3) is 3.41. The predicted octanol–water partition coefficient (Wildman–Crippen LogP) is 3.39. The lowest BCUT2D eigenvalue weighted by atomic mass is 10.1. The molecular weight excluding hydrogens is 296 g/mol. The Morgan fingerprint density at radius 1 is 1.38 bits per heavy atom. The molecule has 0 unspecified atom stereocenters. The first-order chi connectivity index (χ1) is 9.88. The Hall–Kier alpha value is -2.34. The van der Waals surface area contributed by atoms with Crippen molar-refractivity contribution in [1.82, 2.24) is 5.32 Å². The Labute approximate surface area is 125 Å². The molecule has 0 fully saturated rings. The maximum atomic E-state index is 12.1. The lowest BCUT2D eigenvalue weighted by Gasteiger charge is -2.06. The number of furan rings is 1. The van der Waals surface area contributed by atoms with Gasteiger partial charge in [0.2, 0.25) is 0 Å². The summed E-state index contributed by atoms with van der Waals surface area (Å²) in [5.41, 5.74) is 0.742. The fourth-order valence-corrected chi connectivity index (χ4v) is 2.13.